The fourth-order valence-corrected chi connectivity index (χ4v) is 3.22. The van der Waals surface area contributed by atoms with Crippen molar-refractivity contribution in [2.45, 2.75) is 38.8 Å². The number of hydrogen-bond acceptors (Lipinski definition) is 5. The molecule has 0 amide bonds. The fraction of sp³-hybridized carbons (Fsp3) is 0.471. The monoisotopic (exact) mass is 373 g/mol. The highest BCUT2D eigenvalue weighted by Crippen LogP contribution is 2.35. The fourth-order valence-electron chi connectivity index (χ4n) is 3.00. The van der Waals surface area contributed by atoms with E-state index in [-0.39, 0.29) is 29.3 Å². The highest BCUT2D eigenvalue weighted by atomic mass is 35.5. The summed E-state index contributed by atoms with van der Waals surface area (Å²) in [5.41, 5.74) is 1.35. The first-order valence-corrected chi connectivity index (χ1v) is 8.27. The predicted octanol–water partition coefficient (Wildman–Crippen LogP) is 3.40. The highest BCUT2D eigenvalue weighted by molar-refractivity contribution is 6.33. The van der Waals surface area contributed by atoms with Crippen molar-refractivity contribution in [3.05, 3.63) is 38.7 Å². The summed E-state index contributed by atoms with van der Waals surface area (Å²) in [4.78, 5) is 11.8. The molecule has 1 aromatic heterocycles. The van der Waals surface area contributed by atoms with Gasteiger partial charge in [-0.2, -0.15) is 0 Å². The standard InChI is InChI=1S/C17H20ClNO4.ClH/c1-2-10-6-15(20)23-17-12(10)7-14(18)16(21)13(17)9-19-8-11-4-3-5-22-11;/h6-7,11,19,21H,2-5,8-9H2,1H3;1H. The van der Waals surface area contributed by atoms with E-state index >= 15 is 0 Å². The second-order valence-corrected chi connectivity index (χ2v) is 6.18. The van der Waals surface area contributed by atoms with Crippen molar-refractivity contribution >= 4 is 35.0 Å². The van der Waals surface area contributed by atoms with Crippen LogP contribution in [-0.2, 0) is 17.7 Å². The number of halogens is 2. The van der Waals surface area contributed by atoms with Gasteiger partial charge in [-0.05, 0) is 30.9 Å². The molecule has 1 atom stereocenters. The van der Waals surface area contributed by atoms with Gasteiger partial charge in [-0.15, -0.1) is 12.4 Å². The molecule has 0 aliphatic carbocycles. The number of benzene rings is 1. The van der Waals surface area contributed by atoms with E-state index in [1.54, 1.807) is 6.07 Å². The maximum absolute atomic E-state index is 11.8. The number of ether oxygens (including phenoxy) is 1. The van der Waals surface area contributed by atoms with E-state index in [0.717, 1.165) is 30.4 Å². The van der Waals surface area contributed by atoms with Gasteiger partial charge >= 0.3 is 5.63 Å². The van der Waals surface area contributed by atoms with Gasteiger partial charge in [-0.25, -0.2) is 4.79 Å². The van der Waals surface area contributed by atoms with E-state index in [4.69, 9.17) is 20.8 Å². The normalized spacial score (nSPS) is 17.2. The van der Waals surface area contributed by atoms with Crippen molar-refractivity contribution < 1.29 is 14.3 Å². The van der Waals surface area contributed by atoms with Crippen LogP contribution < -0.4 is 10.9 Å². The van der Waals surface area contributed by atoms with E-state index in [1.807, 2.05) is 6.92 Å². The van der Waals surface area contributed by atoms with Crippen LogP contribution in [-0.4, -0.2) is 24.4 Å². The van der Waals surface area contributed by atoms with Crippen LogP contribution in [0, 0.1) is 0 Å². The molecule has 2 aromatic rings. The number of aromatic hydroxyl groups is 1. The lowest BCUT2D eigenvalue weighted by atomic mass is 10.0. The molecule has 0 saturated carbocycles. The molecule has 1 fully saturated rings. The molecule has 0 radical (unpaired) electrons. The molecule has 5 nitrogen and oxygen atoms in total. The van der Waals surface area contributed by atoms with Crippen molar-refractivity contribution in [3.63, 3.8) is 0 Å². The Bertz CT molecular complexity index is 769. The van der Waals surface area contributed by atoms with Crippen molar-refractivity contribution in [2.24, 2.45) is 0 Å². The zero-order valence-electron chi connectivity index (χ0n) is 13.4. The van der Waals surface area contributed by atoms with Crippen LogP contribution in [0.5, 0.6) is 5.75 Å². The Balaban J connectivity index is 0.00000208. The first-order chi connectivity index (χ1) is 11.1. The van der Waals surface area contributed by atoms with Crippen LogP contribution in [0.2, 0.25) is 5.02 Å². The van der Waals surface area contributed by atoms with E-state index in [1.165, 1.54) is 6.07 Å². The molecule has 1 aliphatic rings. The van der Waals surface area contributed by atoms with Crippen molar-refractivity contribution in [2.75, 3.05) is 13.2 Å². The Kier molecular flexibility index (Phi) is 6.52. The zero-order valence-corrected chi connectivity index (χ0v) is 15.0. The molecular weight excluding hydrogens is 353 g/mol. The maximum Gasteiger partial charge on any atom is 0.336 e. The summed E-state index contributed by atoms with van der Waals surface area (Å²) in [6.07, 6.45) is 2.99. The number of rotatable bonds is 5. The third-order valence-electron chi connectivity index (χ3n) is 4.22. The van der Waals surface area contributed by atoms with Gasteiger partial charge in [0.15, 0.2) is 0 Å². The Labute approximate surface area is 151 Å². The molecule has 24 heavy (non-hydrogen) atoms. The lowest BCUT2D eigenvalue weighted by Gasteiger charge is -2.14. The Morgan fingerprint density at radius 3 is 2.88 bits per heavy atom. The van der Waals surface area contributed by atoms with E-state index in [0.29, 0.717) is 30.7 Å². The zero-order chi connectivity index (χ0) is 16.4. The van der Waals surface area contributed by atoms with Gasteiger partial charge in [-0.1, -0.05) is 18.5 Å². The van der Waals surface area contributed by atoms with Crippen LogP contribution in [0.15, 0.2) is 21.3 Å². The van der Waals surface area contributed by atoms with Gasteiger partial charge in [0.1, 0.15) is 11.3 Å². The molecule has 3 rings (SSSR count). The second-order valence-electron chi connectivity index (χ2n) is 5.77. The third-order valence-corrected chi connectivity index (χ3v) is 4.51. The van der Waals surface area contributed by atoms with Gasteiger partial charge in [0, 0.05) is 31.1 Å². The minimum atomic E-state index is -0.420. The smallest absolute Gasteiger partial charge is 0.336 e. The quantitative estimate of drug-likeness (QED) is 0.785. The van der Waals surface area contributed by atoms with E-state index < -0.39 is 5.63 Å². The largest absolute Gasteiger partial charge is 0.506 e. The molecular formula is C17H21Cl2NO4. The lowest BCUT2D eigenvalue weighted by Crippen LogP contribution is -2.26. The van der Waals surface area contributed by atoms with Crippen LogP contribution >= 0.6 is 24.0 Å². The van der Waals surface area contributed by atoms with Gasteiger partial charge in [0.05, 0.1) is 16.7 Å². The average Bonchev–Trinajstić information content (AvgIpc) is 3.04. The van der Waals surface area contributed by atoms with Gasteiger partial charge in [-0.3, -0.25) is 0 Å². The summed E-state index contributed by atoms with van der Waals surface area (Å²) in [6.45, 7) is 3.81. The molecule has 2 N–H and O–H groups in total. The second kappa shape index (κ2) is 8.21. The number of nitrogens with one attached hydrogen (secondary N) is 1. The van der Waals surface area contributed by atoms with E-state index in [2.05, 4.69) is 5.32 Å². The Morgan fingerprint density at radius 1 is 1.42 bits per heavy atom. The van der Waals surface area contributed by atoms with E-state index in [9.17, 15) is 9.90 Å². The Hall–Kier alpha value is -1.27. The summed E-state index contributed by atoms with van der Waals surface area (Å²) in [7, 11) is 0. The number of hydrogen-bond donors (Lipinski definition) is 2. The number of fused-ring (bicyclic) bond motifs is 1. The summed E-state index contributed by atoms with van der Waals surface area (Å²) < 4.78 is 10.9. The molecule has 132 valence electrons. The molecule has 2 heterocycles. The molecule has 0 spiro atoms. The third kappa shape index (κ3) is 3.86. The van der Waals surface area contributed by atoms with Crippen LogP contribution in [0.4, 0.5) is 0 Å². The average molecular weight is 374 g/mol. The molecule has 7 heteroatoms. The summed E-state index contributed by atoms with van der Waals surface area (Å²) in [5.74, 6) is -0.0459. The minimum Gasteiger partial charge on any atom is -0.506 e. The van der Waals surface area contributed by atoms with Gasteiger partial charge in [0.25, 0.3) is 0 Å². The lowest BCUT2D eigenvalue weighted by molar-refractivity contribution is 0.110. The van der Waals surface area contributed by atoms with Crippen LogP contribution in [0.3, 0.4) is 0 Å². The number of aryl methyl sites for hydroxylation is 1. The first-order valence-electron chi connectivity index (χ1n) is 7.89. The topological polar surface area (TPSA) is 71.7 Å². The summed E-state index contributed by atoms with van der Waals surface area (Å²) >= 11 is 6.15. The van der Waals surface area contributed by atoms with Crippen molar-refractivity contribution in [1.29, 1.82) is 0 Å². The summed E-state index contributed by atoms with van der Waals surface area (Å²) in [5, 5.41) is 14.6. The summed E-state index contributed by atoms with van der Waals surface area (Å²) in [6, 6.07) is 3.12. The van der Waals surface area contributed by atoms with Gasteiger partial charge < -0.3 is 19.6 Å². The van der Waals surface area contributed by atoms with Gasteiger partial charge in [0.2, 0.25) is 0 Å². The molecule has 1 unspecified atom stereocenters. The van der Waals surface area contributed by atoms with Crippen LogP contribution in [0.1, 0.15) is 30.9 Å². The first kappa shape index (κ1) is 19.1. The molecule has 1 aromatic carbocycles. The molecule has 1 saturated heterocycles. The van der Waals surface area contributed by atoms with Crippen LogP contribution in [0.25, 0.3) is 11.0 Å². The number of phenolic OH excluding ortho intramolecular Hbond substituents is 1. The molecule has 1 aliphatic heterocycles. The highest BCUT2D eigenvalue weighted by Gasteiger charge is 2.18. The van der Waals surface area contributed by atoms with Crippen molar-refractivity contribution in [1.82, 2.24) is 5.32 Å². The Morgan fingerprint density at radius 2 is 2.21 bits per heavy atom. The predicted molar refractivity (Wildman–Crippen MR) is 96.5 cm³/mol. The maximum atomic E-state index is 11.8. The van der Waals surface area contributed by atoms with Crippen molar-refractivity contribution in [3.8, 4) is 5.75 Å². The number of phenols is 1. The molecule has 0 bridgehead atoms. The minimum absolute atomic E-state index is 0. The SMILES string of the molecule is CCc1cc(=O)oc2c(CNCC3CCCO3)c(O)c(Cl)cc12.Cl.